The number of carboxylic acids is 1. The standard InChI is InChI=1S/C8H15NO5S/c1-6(2)7(8(10)11)9-4-3-5-15(12,13)14/h7,9H,1,3-5H2,2H3,(H,10,11)(H,12,13,14)/t7-/m1/s1. The van der Waals surface area contributed by atoms with E-state index in [0.717, 1.165) is 0 Å². The molecule has 3 N–H and O–H groups in total. The Kier molecular flexibility index (Phi) is 5.48. The van der Waals surface area contributed by atoms with E-state index < -0.39 is 22.1 Å². The monoisotopic (exact) mass is 237 g/mol. The predicted molar refractivity (Wildman–Crippen MR) is 55.3 cm³/mol. The Morgan fingerprint density at radius 1 is 1.53 bits per heavy atom. The molecule has 0 rings (SSSR count). The van der Waals surface area contributed by atoms with Crippen LogP contribution in [0.4, 0.5) is 0 Å². The fourth-order valence-corrected chi connectivity index (χ4v) is 1.48. The molecule has 0 heterocycles. The van der Waals surface area contributed by atoms with Crippen LogP contribution in [0.5, 0.6) is 0 Å². The second kappa shape index (κ2) is 5.84. The number of hydrogen-bond donors (Lipinski definition) is 3. The zero-order chi connectivity index (χ0) is 12.1. The molecule has 0 radical (unpaired) electrons. The summed E-state index contributed by atoms with van der Waals surface area (Å²) in [5, 5.41) is 11.3. The van der Waals surface area contributed by atoms with Crippen LogP contribution in [0.1, 0.15) is 13.3 Å². The van der Waals surface area contributed by atoms with Crippen molar-refractivity contribution in [3.8, 4) is 0 Å². The van der Waals surface area contributed by atoms with Crippen molar-refractivity contribution in [1.29, 1.82) is 0 Å². The first kappa shape index (κ1) is 14.1. The first-order valence-corrected chi connectivity index (χ1v) is 5.91. The third-order valence-electron chi connectivity index (χ3n) is 1.67. The molecule has 7 heteroatoms. The highest BCUT2D eigenvalue weighted by atomic mass is 32.2. The largest absolute Gasteiger partial charge is 0.480 e. The Morgan fingerprint density at radius 3 is 2.40 bits per heavy atom. The van der Waals surface area contributed by atoms with Crippen molar-refractivity contribution in [1.82, 2.24) is 5.32 Å². The van der Waals surface area contributed by atoms with Crippen molar-refractivity contribution in [2.24, 2.45) is 0 Å². The number of rotatable bonds is 7. The van der Waals surface area contributed by atoms with Crippen LogP contribution in [-0.4, -0.2) is 42.4 Å². The summed E-state index contributed by atoms with van der Waals surface area (Å²) in [5.41, 5.74) is 0.439. The summed E-state index contributed by atoms with van der Waals surface area (Å²) in [6.45, 7) is 5.24. The van der Waals surface area contributed by atoms with Crippen LogP contribution in [0.3, 0.4) is 0 Å². The molecule has 0 aromatic heterocycles. The molecule has 0 aliphatic rings. The van der Waals surface area contributed by atoms with Crippen molar-refractivity contribution >= 4 is 16.1 Å². The van der Waals surface area contributed by atoms with Crippen molar-refractivity contribution in [2.45, 2.75) is 19.4 Å². The molecule has 0 aromatic rings. The van der Waals surface area contributed by atoms with E-state index in [4.69, 9.17) is 9.66 Å². The van der Waals surface area contributed by atoms with Gasteiger partial charge in [0, 0.05) is 0 Å². The lowest BCUT2D eigenvalue weighted by molar-refractivity contribution is -0.138. The molecule has 15 heavy (non-hydrogen) atoms. The maximum absolute atomic E-state index is 10.6. The van der Waals surface area contributed by atoms with Gasteiger partial charge in [0.2, 0.25) is 0 Å². The van der Waals surface area contributed by atoms with Crippen LogP contribution in [0.25, 0.3) is 0 Å². The van der Waals surface area contributed by atoms with E-state index in [1.54, 1.807) is 6.92 Å². The Balaban J connectivity index is 3.93. The first-order valence-electron chi connectivity index (χ1n) is 4.31. The van der Waals surface area contributed by atoms with Gasteiger partial charge in [-0.05, 0) is 19.9 Å². The Bertz CT molecular complexity index is 321. The van der Waals surface area contributed by atoms with Crippen LogP contribution in [-0.2, 0) is 14.9 Å². The van der Waals surface area contributed by atoms with Gasteiger partial charge < -0.3 is 10.4 Å². The van der Waals surface area contributed by atoms with Crippen LogP contribution >= 0.6 is 0 Å². The summed E-state index contributed by atoms with van der Waals surface area (Å²) in [7, 11) is -3.97. The quantitative estimate of drug-likeness (QED) is 0.324. The topological polar surface area (TPSA) is 104 Å². The van der Waals surface area contributed by atoms with Gasteiger partial charge >= 0.3 is 5.97 Å². The van der Waals surface area contributed by atoms with Gasteiger partial charge in [-0.2, -0.15) is 8.42 Å². The molecule has 0 saturated heterocycles. The van der Waals surface area contributed by atoms with Gasteiger partial charge in [0.25, 0.3) is 10.1 Å². The molecule has 0 aliphatic heterocycles. The molecule has 0 fully saturated rings. The van der Waals surface area contributed by atoms with Crippen LogP contribution in [0.15, 0.2) is 12.2 Å². The maximum atomic E-state index is 10.6. The van der Waals surface area contributed by atoms with Crippen LogP contribution in [0.2, 0.25) is 0 Å². The smallest absolute Gasteiger partial charge is 0.324 e. The molecule has 0 aromatic carbocycles. The number of carbonyl (C=O) groups is 1. The number of nitrogens with one attached hydrogen (secondary N) is 1. The van der Waals surface area contributed by atoms with Gasteiger partial charge in [-0.1, -0.05) is 12.2 Å². The van der Waals surface area contributed by atoms with E-state index >= 15 is 0 Å². The van der Waals surface area contributed by atoms with Gasteiger partial charge in [-0.15, -0.1) is 0 Å². The summed E-state index contributed by atoms with van der Waals surface area (Å²) in [4.78, 5) is 10.6. The molecular weight excluding hydrogens is 222 g/mol. The molecule has 6 nitrogen and oxygen atoms in total. The Hall–Kier alpha value is -0.920. The third-order valence-corrected chi connectivity index (χ3v) is 2.47. The number of hydrogen-bond acceptors (Lipinski definition) is 4. The average molecular weight is 237 g/mol. The average Bonchev–Trinajstić information content (AvgIpc) is 2.00. The minimum Gasteiger partial charge on any atom is -0.480 e. The van der Waals surface area contributed by atoms with E-state index in [-0.39, 0.29) is 18.7 Å². The lowest BCUT2D eigenvalue weighted by Gasteiger charge is -2.13. The summed E-state index contributed by atoms with van der Waals surface area (Å²) in [6.07, 6.45) is 0.149. The molecule has 0 amide bonds. The highest BCUT2D eigenvalue weighted by molar-refractivity contribution is 7.85. The zero-order valence-corrected chi connectivity index (χ0v) is 9.25. The lowest BCUT2D eigenvalue weighted by atomic mass is 10.1. The Morgan fingerprint density at radius 2 is 2.07 bits per heavy atom. The predicted octanol–water partition coefficient (Wildman–Crippen LogP) is -0.117. The second-order valence-corrected chi connectivity index (χ2v) is 4.78. The van der Waals surface area contributed by atoms with Crippen molar-refractivity contribution < 1.29 is 22.9 Å². The molecule has 0 spiro atoms. The van der Waals surface area contributed by atoms with Gasteiger partial charge in [0.15, 0.2) is 0 Å². The van der Waals surface area contributed by atoms with E-state index in [0.29, 0.717) is 5.57 Å². The number of carboxylic acid groups (broad SMARTS) is 1. The van der Waals surface area contributed by atoms with Crippen molar-refractivity contribution in [2.75, 3.05) is 12.3 Å². The molecule has 0 aliphatic carbocycles. The lowest BCUT2D eigenvalue weighted by Crippen LogP contribution is -2.38. The van der Waals surface area contributed by atoms with E-state index in [2.05, 4.69) is 11.9 Å². The van der Waals surface area contributed by atoms with E-state index in [9.17, 15) is 13.2 Å². The minimum absolute atomic E-state index is 0.149. The van der Waals surface area contributed by atoms with Gasteiger partial charge in [0.05, 0.1) is 5.75 Å². The second-order valence-electron chi connectivity index (χ2n) is 3.21. The van der Waals surface area contributed by atoms with E-state index in [1.165, 1.54) is 0 Å². The number of aliphatic carboxylic acids is 1. The highest BCUT2D eigenvalue weighted by Gasteiger charge is 2.16. The summed E-state index contributed by atoms with van der Waals surface area (Å²) < 4.78 is 29.1. The fraction of sp³-hybridized carbons (Fsp3) is 0.625. The van der Waals surface area contributed by atoms with E-state index in [1.807, 2.05) is 0 Å². The molecule has 88 valence electrons. The molecular formula is C8H15NO5S. The van der Waals surface area contributed by atoms with Gasteiger partial charge in [-0.25, -0.2) is 0 Å². The van der Waals surface area contributed by atoms with Gasteiger partial charge in [-0.3, -0.25) is 9.35 Å². The molecule has 0 saturated carbocycles. The van der Waals surface area contributed by atoms with Gasteiger partial charge in [0.1, 0.15) is 6.04 Å². The summed E-state index contributed by atoms with van der Waals surface area (Å²) in [5.74, 6) is -1.45. The summed E-state index contributed by atoms with van der Waals surface area (Å²) in [6, 6.07) is -0.883. The van der Waals surface area contributed by atoms with Crippen molar-refractivity contribution in [3.05, 3.63) is 12.2 Å². The first-order chi connectivity index (χ1) is 6.74. The van der Waals surface area contributed by atoms with Crippen LogP contribution in [0, 0.1) is 0 Å². The minimum atomic E-state index is -3.97. The molecule has 0 unspecified atom stereocenters. The third kappa shape index (κ3) is 7.06. The molecule has 0 bridgehead atoms. The Labute approximate surface area is 88.7 Å². The van der Waals surface area contributed by atoms with Crippen molar-refractivity contribution in [3.63, 3.8) is 0 Å². The highest BCUT2D eigenvalue weighted by Crippen LogP contribution is 1.98. The normalized spacial score (nSPS) is 13.5. The molecule has 1 atom stereocenters. The maximum Gasteiger partial charge on any atom is 0.324 e. The SMILES string of the molecule is C=C(C)[C@@H](NCCCS(=O)(=O)O)C(=O)O. The van der Waals surface area contributed by atoms with Crippen LogP contribution < -0.4 is 5.32 Å². The zero-order valence-electron chi connectivity index (χ0n) is 8.43. The summed E-state index contributed by atoms with van der Waals surface area (Å²) >= 11 is 0. The fourth-order valence-electron chi connectivity index (χ4n) is 0.973.